The van der Waals surface area contributed by atoms with Crippen LogP contribution in [-0.4, -0.2) is 55.2 Å². The van der Waals surface area contributed by atoms with Gasteiger partial charge in [0.1, 0.15) is 0 Å². The molecular formula is C18H28N4O3. The highest BCUT2D eigenvalue weighted by atomic mass is 16.5. The molecule has 1 aromatic heterocycles. The van der Waals surface area contributed by atoms with Crippen molar-refractivity contribution in [2.45, 2.75) is 33.2 Å². The Morgan fingerprint density at radius 3 is 3.00 bits per heavy atom. The average molecular weight is 348 g/mol. The Kier molecular flexibility index (Phi) is 7.50. The van der Waals surface area contributed by atoms with Gasteiger partial charge in [0, 0.05) is 25.7 Å². The van der Waals surface area contributed by atoms with Crippen LogP contribution in [0.3, 0.4) is 0 Å². The molecule has 1 aliphatic heterocycles. The van der Waals surface area contributed by atoms with Crippen molar-refractivity contribution in [3.05, 3.63) is 23.9 Å². The Bertz CT molecular complexity index is 591. The Morgan fingerprint density at radius 1 is 1.44 bits per heavy atom. The number of rotatable bonds is 6. The normalized spacial score (nSPS) is 18.0. The van der Waals surface area contributed by atoms with E-state index in [1.165, 1.54) is 0 Å². The van der Waals surface area contributed by atoms with E-state index in [4.69, 9.17) is 9.47 Å². The van der Waals surface area contributed by atoms with Crippen LogP contribution in [-0.2, 0) is 16.1 Å². The number of carbonyl (C=O) groups is 1. The van der Waals surface area contributed by atoms with Crippen molar-refractivity contribution in [3.8, 4) is 5.88 Å². The fourth-order valence-electron chi connectivity index (χ4n) is 2.86. The molecule has 0 aromatic carbocycles. The molecule has 1 atom stereocenters. The van der Waals surface area contributed by atoms with E-state index in [1.54, 1.807) is 7.11 Å². The number of hydrogen-bond acceptors (Lipinski definition) is 5. The number of carbonyl (C=O) groups excluding carboxylic acids is 1. The van der Waals surface area contributed by atoms with Crippen molar-refractivity contribution in [2.75, 3.05) is 33.4 Å². The third-order valence-corrected chi connectivity index (χ3v) is 4.06. The molecule has 1 aromatic rings. The summed E-state index contributed by atoms with van der Waals surface area (Å²) in [4.78, 5) is 23.2. The second-order valence-corrected chi connectivity index (χ2v) is 5.88. The first-order chi connectivity index (χ1) is 12.2. The van der Waals surface area contributed by atoms with Crippen LogP contribution < -0.4 is 10.1 Å². The van der Waals surface area contributed by atoms with Gasteiger partial charge in [0.15, 0.2) is 5.96 Å². The monoisotopic (exact) mass is 348 g/mol. The largest absolute Gasteiger partial charge is 0.481 e. The summed E-state index contributed by atoms with van der Waals surface area (Å²) >= 11 is 0. The molecule has 0 saturated carbocycles. The van der Waals surface area contributed by atoms with E-state index in [9.17, 15) is 4.79 Å². The van der Waals surface area contributed by atoms with Crippen molar-refractivity contribution in [2.24, 2.45) is 10.9 Å². The molecule has 0 bridgehead atoms. The zero-order valence-corrected chi connectivity index (χ0v) is 15.3. The standard InChI is InChI=1S/C18H28N4O3/c1-4-19-18(20-12-15-9-6-10-16(21-15)24-3)22-11-7-8-14(13-22)17(23)25-5-2/h6,9-10,14H,4-5,7-8,11-13H2,1-3H3,(H,19,20). The Hall–Kier alpha value is -2.31. The number of piperidine rings is 1. The minimum Gasteiger partial charge on any atom is -0.481 e. The Labute approximate surface area is 149 Å². The van der Waals surface area contributed by atoms with Crippen LogP contribution in [0.2, 0.25) is 0 Å². The van der Waals surface area contributed by atoms with E-state index in [-0.39, 0.29) is 11.9 Å². The second kappa shape index (κ2) is 9.86. The molecule has 1 fully saturated rings. The third kappa shape index (κ3) is 5.62. The first-order valence-electron chi connectivity index (χ1n) is 8.87. The SMILES string of the molecule is CCNC(=NCc1cccc(OC)n1)N1CCCC(C(=O)OCC)C1. The van der Waals surface area contributed by atoms with Crippen molar-refractivity contribution >= 4 is 11.9 Å². The van der Waals surface area contributed by atoms with E-state index >= 15 is 0 Å². The molecule has 0 aliphatic carbocycles. The molecule has 0 radical (unpaired) electrons. The van der Waals surface area contributed by atoms with Gasteiger partial charge in [0.2, 0.25) is 5.88 Å². The maximum Gasteiger partial charge on any atom is 0.310 e. The second-order valence-electron chi connectivity index (χ2n) is 5.88. The van der Waals surface area contributed by atoms with Crippen LogP contribution in [0.1, 0.15) is 32.4 Å². The maximum absolute atomic E-state index is 12.0. The number of guanidine groups is 1. The van der Waals surface area contributed by atoms with Crippen LogP contribution >= 0.6 is 0 Å². The highest BCUT2D eigenvalue weighted by Gasteiger charge is 2.28. The van der Waals surface area contributed by atoms with E-state index in [0.29, 0.717) is 25.6 Å². The minimum atomic E-state index is -0.113. The number of nitrogens with one attached hydrogen (secondary N) is 1. The molecular weight excluding hydrogens is 320 g/mol. The zero-order chi connectivity index (χ0) is 18.1. The summed E-state index contributed by atoms with van der Waals surface area (Å²) in [6.45, 7) is 7.04. The highest BCUT2D eigenvalue weighted by Crippen LogP contribution is 2.18. The van der Waals surface area contributed by atoms with Crippen LogP contribution in [0.15, 0.2) is 23.2 Å². The van der Waals surface area contributed by atoms with E-state index < -0.39 is 0 Å². The zero-order valence-electron chi connectivity index (χ0n) is 15.3. The summed E-state index contributed by atoms with van der Waals surface area (Å²) in [5, 5.41) is 3.31. The molecule has 1 N–H and O–H groups in total. The van der Waals surface area contributed by atoms with E-state index in [2.05, 4.69) is 20.2 Å². The summed E-state index contributed by atoms with van der Waals surface area (Å²) < 4.78 is 10.3. The topological polar surface area (TPSA) is 76.1 Å². The van der Waals surface area contributed by atoms with Crippen LogP contribution in [0.25, 0.3) is 0 Å². The fraction of sp³-hybridized carbons (Fsp3) is 0.611. The molecule has 1 aliphatic rings. The van der Waals surface area contributed by atoms with Gasteiger partial charge in [-0.3, -0.25) is 4.79 Å². The molecule has 138 valence electrons. The van der Waals surface area contributed by atoms with Crippen molar-refractivity contribution in [3.63, 3.8) is 0 Å². The molecule has 25 heavy (non-hydrogen) atoms. The molecule has 7 heteroatoms. The average Bonchev–Trinajstić information content (AvgIpc) is 2.65. The minimum absolute atomic E-state index is 0.0903. The quantitative estimate of drug-likeness (QED) is 0.480. The molecule has 2 heterocycles. The number of aliphatic imine (C=N–C) groups is 1. The highest BCUT2D eigenvalue weighted by molar-refractivity contribution is 5.81. The lowest BCUT2D eigenvalue weighted by atomic mass is 9.98. The van der Waals surface area contributed by atoms with Crippen LogP contribution in [0.4, 0.5) is 0 Å². The number of nitrogens with zero attached hydrogens (tertiary/aromatic N) is 3. The number of likely N-dealkylation sites (tertiary alicyclic amines) is 1. The van der Waals surface area contributed by atoms with Gasteiger partial charge in [-0.05, 0) is 32.8 Å². The summed E-state index contributed by atoms with van der Waals surface area (Å²) in [5.41, 5.74) is 0.841. The van der Waals surface area contributed by atoms with Gasteiger partial charge < -0.3 is 19.7 Å². The number of aromatic nitrogens is 1. The van der Waals surface area contributed by atoms with Gasteiger partial charge in [0.25, 0.3) is 0 Å². The Morgan fingerprint density at radius 2 is 2.28 bits per heavy atom. The van der Waals surface area contributed by atoms with Crippen LogP contribution in [0.5, 0.6) is 5.88 Å². The number of esters is 1. The van der Waals surface area contributed by atoms with Gasteiger partial charge in [0.05, 0.1) is 31.9 Å². The Balaban J connectivity index is 2.06. The smallest absolute Gasteiger partial charge is 0.310 e. The molecule has 0 spiro atoms. The van der Waals surface area contributed by atoms with Crippen molar-refractivity contribution in [1.82, 2.24) is 15.2 Å². The molecule has 2 rings (SSSR count). The van der Waals surface area contributed by atoms with Gasteiger partial charge in [-0.2, -0.15) is 0 Å². The molecule has 1 saturated heterocycles. The summed E-state index contributed by atoms with van der Waals surface area (Å²) in [6.07, 6.45) is 1.82. The predicted octanol–water partition coefficient (Wildman–Crippen LogP) is 1.83. The van der Waals surface area contributed by atoms with Gasteiger partial charge in [-0.15, -0.1) is 0 Å². The van der Waals surface area contributed by atoms with Gasteiger partial charge in [-0.25, -0.2) is 9.98 Å². The number of hydrogen-bond donors (Lipinski definition) is 1. The fourth-order valence-corrected chi connectivity index (χ4v) is 2.86. The van der Waals surface area contributed by atoms with Crippen LogP contribution in [0, 0.1) is 5.92 Å². The van der Waals surface area contributed by atoms with Crippen molar-refractivity contribution < 1.29 is 14.3 Å². The van der Waals surface area contributed by atoms with E-state index in [0.717, 1.165) is 37.6 Å². The lowest BCUT2D eigenvalue weighted by molar-refractivity contribution is -0.149. The van der Waals surface area contributed by atoms with Gasteiger partial charge >= 0.3 is 5.97 Å². The molecule has 7 nitrogen and oxygen atoms in total. The third-order valence-electron chi connectivity index (χ3n) is 4.06. The van der Waals surface area contributed by atoms with Crippen molar-refractivity contribution in [1.29, 1.82) is 0 Å². The predicted molar refractivity (Wildman–Crippen MR) is 96.5 cm³/mol. The molecule has 1 unspecified atom stereocenters. The lowest BCUT2D eigenvalue weighted by Crippen LogP contribution is -2.48. The number of methoxy groups -OCH3 is 1. The number of ether oxygens (including phenoxy) is 2. The first-order valence-corrected chi connectivity index (χ1v) is 8.87. The maximum atomic E-state index is 12.0. The summed E-state index contributed by atoms with van der Waals surface area (Å²) in [5.74, 6) is 1.18. The summed E-state index contributed by atoms with van der Waals surface area (Å²) in [7, 11) is 1.60. The van der Waals surface area contributed by atoms with Gasteiger partial charge in [-0.1, -0.05) is 6.07 Å². The number of pyridine rings is 1. The summed E-state index contributed by atoms with van der Waals surface area (Å²) in [6, 6.07) is 5.64. The van der Waals surface area contributed by atoms with E-state index in [1.807, 2.05) is 32.0 Å². The molecule has 0 amide bonds. The first kappa shape index (κ1) is 19.0. The lowest BCUT2D eigenvalue weighted by Gasteiger charge is -2.34.